The first kappa shape index (κ1) is 22.8. The molecular formula is C26H32N4O. The SMILES string of the molecule is CCN(C)CCNCc1ccc(C(=O)Cc2ccc(C)c(Cc3ncccn3)c2)cc1. The lowest BCUT2D eigenvalue weighted by molar-refractivity contribution is 0.0993. The average molecular weight is 417 g/mol. The Labute approximate surface area is 185 Å². The summed E-state index contributed by atoms with van der Waals surface area (Å²) in [6.07, 6.45) is 4.58. The van der Waals surface area contributed by atoms with Crippen LogP contribution in [0.15, 0.2) is 60.9 Å². The summed E-state index contributed by atoms with van der Waals surface area (Å²) in [5, 5.41) is 3.45. The largest absolute Gasteiger partial charge is 0.311 e. The van der Waals surface area contributed by atoms with Gasteiger partial charge >= 0.3 is 0 Å². The molecule has 0 saturated carbocycles. The zero-order valence-corrected chi connectivity index (χ0v) is 18.8. The number of aryl methyl sites for hydroxylation is 1. The number of Topliss-reactive ketones (excluding diaryl/α,β-unsaturated/α-hetero) is 1. The number of hydrogen-bond acceptors (Lipinski definition) is 5. The van der Waals surface area contributed by atoms with Crippen molar-refractivity contribution in [3.63, 3.8) is 0 Å². The minimum atomic E-state index is 0.134. The summed E-state index contributed by atoms with van der Waals surface area (Å²) >= 11 is 0. The molecule has 162 valence electrons. The summed E-state index contributed by atoms with van der Waals surface area (Å²) in [4.78, 5) is 23.7. The Morgan fingerprint density at radius 1 is 1.03 bits per heavy atom. The van der Waals surface area contributed by atoms with Crippen molar-refractivity contribution in [2.45, 2.75) is 33.2 Å². The van der Waals surface area contributed by atoms with E-state index in [1.54, 1.807) is 12.4 Å². The van der Waals surface area contributed by atoms with E-state index in [9.17, 15) is 4.79 Å². The number of carbonyl (C=O) groups is 1. The first-order valence-electron chi connectivity index (χ1n) is 10.9. The maximum Gasteiger partial charge on any atom is 0.167 e. The second-order valence-corrected chi connectivity index (χ2v) is 7.97. The van der Waals surface area contributed by atoms with Crippen LogP contribution in [0.4, 0.5) is 0 Å². The normalized spacial score (nSPS) is 11.1. The Bertz CT molecular complexity index is 970. The minimum Gasteiger partial charge on any atom is -0.311 e. The molecule has 0 atom stereocenters. The molecule has 0 saturated heterocycles. The average Bonchev–Trinajstić information content (AvgIpc) is 2.80. The van der Waals surface area contributed by atoms with E-state index >= 15 is 0 Å². The van der Waals surface area contributed by atoms with Crippen molar-refractivity contribution in [3.8, 4) is 0 Å². The lowest BCUT2D eigenvalue weighted by Crippen LogP contribution is -2.28. The van der Waals surface area contributed by atoms with Crippen molar-refractivity contribution in [3.05, 3.63) is 94.6 Å². The van der Waals surface area contributed by atoms with Crippen LogP contribution in [-0.2, 0) is 19.4 Å². The number of rotatable bonds is 11. The smallest absolute Gasteiger partial charge is 0.167 e. The molecule has 3 aromatic rings. The molecule has 0 spiro atoms. The van der Waals surface area contributed by atoms with Crippen LogP contribution in [0.25, 0.3) is 0 Å². The van der Waals surface area contributed by atoms with Crippen molar-refractivity contribution in [2.75, 3.05) is 26.7 Å². The molecule has 0 bridgehead atoms. The van der Waals surface area contributed by atoms with Gasteiger partial charge in [0.25, 0.3) is 0 Å². The highest BCUT2D eigenvalue weighted by Gasteiger charge is 2.10. The molecule has 1 heterocycles. The monoisotopic (exact) mass is 416 g/mol. The van der Waals surface area contributed by atoms with Gasteiger partial charge < -0.3 is 10.2 Å². The van der Waals surface area contributed by atoms with Gasteiger partial charge in [-0.1, -0.05) is 49.4 Å². The molecule has 1 aromatic heterocycles. The molecule has 0 aliphatic heterocycles. The maximum atomic E-state index is 12.8. The molecule has 0 unspecified atom stereocenters. The van der Waals surface area contributed by atoms with Crippen molar-refractivity contribution in [1.29, 1.82) is 0 Å². The first-order valence-corrected chi connectivity index (χ1v) is 10.9. The molecule has 2 aromatic carbocycles. The van der Waals surface area contributed by atoms with Crippen molar-refractivity contribution in [2.24, 2.45) is 0 Å². The van der Waals surface area contributed by atoms with Crippen molar-refractivity contribution >= 4 is 5.78 Å². The molecule has 0 aliphatic rings. The quantitative estimate of drug-likeness (QED) is 0.380. The van der Waals surface area contributed by atoms with Crippen LogP contribution in [0.5, 0.6) is 0 Å². The number of benzene rings is 2. The number of carbonyl (C=O) groups excluding carboxylic acids is 1. The van der Waals surface area contributed by atoms with Crippen LogP contribution in [0.3, 0.4) is 0 Å². The van der Waals surface area contributed by atoms with Crippen molar-refractivity contribution in [1.82, 2.24) is 20.2 Å². The molecule has 3 rings (SSSR count). The molecule has 31 heavy (non-hydrogen) atoms. The Kier molecular flexibility index (Phi) is 8.44. The fraction of sp³-hybridized carbons (Fsp3) is 0.346. The summed E-state index contributed by atoms with van der Waals surface area (Å²) < 4.78 is 0. The molecule has 0 fully saturated rings. The van der Waals surface area contributed by atoms with Crippen LogP contribution in [0.1, 0.15) is 45.4 Å². The van der Waals surface area contributed by atoms with E-state index in [0.717, 1.165) is 48.7 Å². The van der Waals surface area contributed by atoms with Gasteiger partial charge in [-0.25, -0.2) is 9.97 Å². The molecular weight excluding hydrogens is 384 g/mol. The zero-order chi connectivity index (χ0) is 22.1. The van der Waals surface area contributed by atoms with E-state index < -0.39 is 0 Å². The van der Waals surface area contributed by atoms with Crippen molar-refractivity contribution < 1.29 is 4.79 Å². The zero-order valence-electron chi connectivity index (χ0n) is 18.8. The van der Waals surface area contributed by atoms with Gasteiger partial charge in [-0.15, -0.1) is 0 Å². The fourth-order valence-corrected chi connectivity index (χ4v) is 3.37. The fourth-order valence-electron chi connectivity index (χ4n) is 3.37. The molecule has 5 heteroatoms. The summed E-state index contributed by atoms with van der Waals surface area (Å²) in [5.41, 5.74) is 5.31. The van der Waals surface area contributed by atoms with Gasteiger partial charge in [0, 0.05) is 50.4 Å². The van der Waals surface area contributed by atoms with Gasteiger partial charge in [-0.05, 0) is 48.8 Å². The summed E-state index contributed by atoms with van der Waals surface area (Å²) in [6, 6.07) is 16.0. The van der Waals surface area contributed by atoms with Crippen LogP contribution in [-0.4, -0.2) is 47.3 Å². The van der Waals surface area contributed by atoms with E-state index in [-0.39, 0.29) is 5.78 Å². The van der Waals surface area contributed by atoms with Gasteiger partial charge in [0.15, 0.2) is 5.78 Å². The molecule has 0 radical (unpaired) electrons. The number of ketones is 1. The van der Waals surface area contributed by atoms with E-state index in [1.165, 1.54) is 11.1 Å². The van der Waals surface area contributed by atoms with E-state index in [1.807, 2.05) is 36.4 Å². The lowest BCUT2D eigenvalue weighted by atomic mass is 9.97. The van der Waals surface area contributed by atoms with E-state index in [4.69, 9.17) is 0 Å². The van der Waals surface area contributed by atoms with Gasteiger partial charge in [-0.3, -0.25) is 4.79 Å². The van der Waals surface area contributed by atoms with Crippen LogP contribution >= 0.6 is 0 Å². The van der Waals surface area contributed by atoms with Crippen LogP contribution in [0.2, 0.25) is 0 Å². The topological polar surface area (TPSA) is 58.1 Å². The summed E-state index contributed by atoms with van der Waals surface area (Å²) in [5.74, 6) is 0.925. The number of aromatic nitrogens is 2. The number of nitrogens with one attached hydrogen (secondary N) is 1. The molecule has 1 N–H and O–H groups in total. The summed E-state index contributed by atoms with van der Waals surface area (Å²) in [6.45, 7) is 8.09. The second kappa shape index (κ2) is 11.5. The Hall–Kier alpha value is -2.89. The third kappa shape index (κ3) is 7.09. The summed E-state index contributed by atoms with van der Waals surface area (Å²) in [7, 11) is 2.12. The highest BCUT2D eigenvalue weighted by atomic mass is 16.1. The number of nitrogens with zero attached hydrogens (tertiary/aromatic N) is 3. The molecule has 0 amide bonds. The first-order chi connectivity index (χ1) is 15.0. The van der Waals surface area contributed by atoms with Gasteiger partial charge in [0.1, 0.15) is 5.82 Å². The third-order valence-corrected chi connectivity index (χ3v) is 5.56. The third-order valence-electron chi connectivity index (χ3n) is 5.56. The second-order valence-electron chi connectivity index (χ2n) is 7.97. The minimum absolute atomic E-state index is 0.134. The van der Waals surface area contributed by atoms with E-state index in [0.29, 0.717) is 12.8 Å². The van der Waals surface area contributed by atoms with Gasteiger partial charge in [-0.2, -0.15) is 0 Å². The van der Waals surface area contributed by atoms with E-state index in [2.05, 4.69) is 53.2 Å². The lowest BCUT2D eigenvalue weighted by Gasteiger charge is -2.14. The Morgan fingerprint density at radius 3 is 2.45 bits per heavy atom. The molecule has 5 nitrogen and oxygen atoms in total. The number of likely N-dealkylation sites (N-methyl/N-ethyl adjacent to an activating group) is 1. The molecule has 0 aliphatic carbocycles. The van der Waals surface area contributed by atoms with Gasteiger partial charge in [0.05, 0.1) is 0 Å². The highest BCUT2D eigenvalue weighted by molar-refractivity contribution is 5.97. The standard InChI is InChI=1S/C26H32N4O/c1-4-30(3)15-14-27-19-21-8-10-23(11-9-21)25(31)17-22-7-6-20(2)24(16-22)18-26-28-12-5-13-29-26/h5-13,16,27H,4,14-15,17-19H2,1-3H3. The predicted octanol–water partition coefficient (Wildman–Crippen LogP) is 3.84. The van der Waals surface area contributed by atoms with Crippen LogP contribution in [0, 0.1) is 6.92 Å². The van der Waals surface area contributed by atoms with Gasteiger partial charge in [0.2, 0.25) is 0 Å². The Balaban J connectivity index is 1.56. The van der Waals surface area contributed by atoms with Crippen LogP contribution < -0.4 is 5.32 Å². The Morgan fingerprint density at radius 2 is 1.74 bits per heavy atom. The maximum absolute atomic E-state index is 12.8. The number of hydrogen-bond donors (Lipinski definition) is 1. The predicted molar refractivity (Wildman–Crippen MR) is 125 cm³/mol. The highest BCUT2D eigenvalue weighted by Crippen LogP contribution is 2.16.